The first kappa shape index (κ1) is 17.3. The molecule has 20 heavy (non-hydrogen) atoms. The summed E-state index contributed by atoms with van der Waals surface area (Å²) in [4.78, 5) is 11.5. The van der Waals surface area contributed by atoms with E-state index in [4.69, 9.17) is 4.74 Å². The first-order chi connectivity index (χ1) is 9.83. The van der Waals surface area contributed by atoms with Gasteiger partial charge in [-0.3, -0.25) is 4.79 Å². The van der Waals surface area contributed by atoms with E-state index in [1.54, 1.807) is 0 Å². The molecule has 0 spiro atoms. The Hall–Kier alpha value is -0.790. The van der Waals surface area contributed by atoms with Crippen LogP contribution < -0.4 is 0 Å². The van der Waals surface area contributed by atoms with Crippen LogP contribution in [-0.4, -0.2) is 12.1 Å². The molecule has 1 heterocycles. The number of carbonyl (C=O) groups excluding carboxylic acids is 1. The van der Waals surface area contributed by atoms with Crippen molar-refractivity contribution in [2.75, 3.05) is 0 Å². The molecule has 0 radical (unpaired) electrons. The quantitative estimate of drug-likeness (QED) is 0.314. The molecule has 2 nitrogen and oxygen atoms in total. The Kier molecular flexibility index (Phi) is 10.3. The van der Waals surface area contributed by atoms with Gasteiger partial charge in [0, 0.05) is 12.8 Å². The van der Waals surface area contributed by atoms with Crippen molar-refractivity contribution in [2.45, 2.75) is 96.5 Å². The molecule has 0 amide bonds. The van der Waals surface area contributed by atoms with Crippen LogP contribution in [0.2, 0.25) is 0 Å². The minimum Gasteiger partial charge on any atom is -0.462 e. The van der Waals surface area contributed by atoms with Gasteiger partial charge in [-0.2, -0.15) is 0 Å². The summed E-state index contributed by atoms with van der Waals surface area (Å²) in [5.74, 6) is -0.000904. The average molecular weight is 280 g/mol. The molecule has 1 unspecified atom stereocenters. The van der Waals surface area contributed by atoms with Crippen molar-refractivity contribution in [1.29, 1.82) is 0 Å². The van der Waals surface area contributed by atoms with Crippen molar-refractivity contribution in [3.63, 3.8) is 0 Å². The lowest BCUT2D eigenvalue weighted by atomic mass is 10.0. The van der Waals surface area contributed by atoms with Crippen LogP contribution in [0.1, 0.15) is 90.4 Å². The maximum atomic E-state index is 11.5. The summed E-state index contributed by atoms with van der Waals surface area (Å²) in [6, 6.07) is 0. The zero-order chi connectivity index (χ0) is 14.5. The van der Waals surface area contributed by atoms with Gasteiger partial charge in [0.05, 0.1) is 0 Å². The van der Waals surface area contributed by atoms with Gasteiger partial charge in [-0.1, -0.05) is 57.6 Å². The monoisotopic (exact) mass is 280 g/mol. The smallest absolute Gasteiger partial charge is 0.306 e. The van der Waals surface area contributed by atoms with E-state index in [1.165, 1.54) is 57.8 Å². The summed E-state index contributed by atoms with van der Waals surface area (Å²) in [6.45, 7) is 2.25. The fraction of sp³-hybridized carbons (Fsp3) is 0.833. The summed E-state index contributed by atoms with van der Waals surface area (Å²) < 4.78 is 5.47. The number of rotatable bonds is 9. The van der Waals surface area contributed by atoms with Crippen LogP contribution in [0, 0.1) is 0 Å². The molecule has 1 fully saturated rings. The van der Waals surface area contributed by atoms with Crippen molar-refractivity contribution < 1.29 is 9.53 Å². The third kappa shape index (κ3) is 9.17. The molecule has 1 rings (SSSR count). The fourth-order valence-electron chi connectivity index (χ4n) is 2.70. The summed E-state index contributed by atoms with van der Waals surface area (Å²) in [5, 5.41) is 0. The number of ether oxygens (including phenoxy) is 1. The van der Waals surface area contributed by atoms with Crippen molar-refractivity contribution in [1.82, 2.24) is 0 Å². The molecule has 0 aliphatic carbocycles. The number of allylic oxidation sites excluding steroid dienone is 1. The van der Waals surface area contributed by atoms with Crippen LogP contribution >= 0.6 is 0 Å². The predicted octanol–water partition coefficient (Wildman–Crippen LogP) is 5.56. The fourth-order valence-corrected chi connectivity index (χ4v) is 2.70. The van der Waals surface area contributed by atoms with Crippen LogP contribution in [-0.2, 0) is 9.53 Å². The molecule has 116 valence electrons. The Bertz CT molecular complexity index is 271. The number of hydrogen-bond donors (Lipinski definition) is 0. The van der Waals surface area contributed by atoms with Crippen molar-refractivity contribution in [3.8, 4) is 0 Å². The normalized spacial score (nSPS) is 20.6. The molecule has 1 saturated heterocycles. The largest absolute Gasteiger partial charge is 0.462 e. The summed E-state index contributed by atoms with van der Waals surface area (Å²) in [6.07, 6.45) is 19.8. The van der Waals surface area contributed by atoms with Crippen LogP contribution in [0.4, 0.5) is 0 Å². The van der Waals surface area contributed by atoms with Gasteiger partial charge in [-0.05, 0) is 32.1 Å². The van der Waals surface area contributed by atoms with Gasteiger partial charge < -0.3 is 4.74 Å². The minimum absolute atomic E-state index is 0.000904. The molecule has 0 aromatic heterocycles. The van der Waals surface area contributed by atoms with Crippen molar-refractivity contribution >= 4 is 5.97 Å². The van der Waals surface area contributed by atoms with Gasteiger partial charge in [0.15, 0.2) is 0 Å². The Morgan fingerprint density at radius 3 is 2.70 bits per heavy atom. The van der Waals surface area contributed by atoms with Gasteiger partial charge in [0.2, 0.25) is 0 Å². The molecule has 0 bridgehead atoms. The van der Waals surface area contributed by atoms with Gasteiger partial charge in [0.1, 0.15) is 6.10 Å². The highest BCUT2D eigenvalue weighted by atomic mass is 16.5. The topological polar surface area (TPSA) is 26.3 Å². The number of unbranched alkanes of at least 4 members (excludes halogenated alkanes) is 6. The first-order valence-corrected chi connectivity index (χ1v) is 8.67. The molecule has 2 heteroatoms. The van der Waals surface area contributed by atoms with Crippen LogP contribution in [0.25, 0.3) is 0 Å². The van der Waals surface area contributed by atoms with Gasteiger partial charge in [-0.25, -0.2) is 0 Å². The third-order valence-corrected chi connectivity index (χ3v) is 4.00. The Morgan fingerprint density at radius 1 is 1.05 bits per heavy atom. The van der Waals surface area contributed by atoms with E-state index in [-0.39, 0.29) is 12.1 Å². The Balaban J connectivity index is 2.02. The maximum Gasteiger partial charge on any atom is 0.306 e. The second-order valence-corrected chi connectivity index (χ2v) is 5.97. The lowest BCUT2D eigenvalue weighted by Gasteiger charge is -2.18. The van der Waals surface area contributed by atoms with Gasteiger partial charge in [0.25, 0.3) is 0 Å². The zero-order valence-corrected chi connectivity index (χ0v) is 13.2. The highest BCUT2D eigenvalue weighted by Crippen LogP contribution is 2.17. The molecule has 1 aliphatic heterocycles. The van der Waals surface area contributed by atoms with E-state index in [2.05, 4.69) is 19.1 Å². The van der Waals surface area contributed by atoms with E-state index in [9.17, 15) is 4.79 Å². The Morgan fingerprint density at radius 2 is 1.85 bits per heavy atom. The third-order valence-electron chi connectivity index (χ3n) is 4.00. The van der Waals surface area contributed by atoms with E-state index >= 15 is 0 Å². The zero-order valence-electron chi connectivity index (χ0n) is 13.2. The van der Waals surface area contributed by atoms with Crippen molar-refractivity contribution in [3.05, 3.63) is 12.2 Å². The van der Waals surface area contributed by atoms with Crippen LogP contribution in [0.5, 0.6) is 0 Å². The molecule has 0 saturated carbocycles. The summed E-state index contributed by atoms with van der Waals surface area (Å²) >= 11 is 0. The lowest BCUT2D eigenvalue weighted by molar-refractivity contribution is -0.150. The Labute approximate surface area is 125 Å². The molecular formula is C18H32O2. The van der Waals surface area contributed by atoms with Gasteiger partial charge >= 0.3 is 5.97 Å². The highest BCUT2D eigenvalue weighted by Gasteiger charge is 2.15. The summed E-state index contributed by atoms with van der Waals surface area (Å²) in [7, 11) is 0. The van der Waals surface area contributed by atoms with E-state index < -0.39 is 0 Å². The average Bonchev–Trinajstić information content (AvgIpc) is 2.42. The minimum atomic E-state index is -0.000904. The second kappa shape index (κ2) is 12.0. The van der Waals surface area contributed by atoms with E-state index in [0.717, 1.165) is 19.3 Å². The lowest BCUT2D eigenvalue weighted by Crippen LogP contribution is -2.19. The molecule has 0 aromatic rings. The first-order valence-electron chi connectivity index (χ1n) is 8.67. The molecule has 0 N–H and O–H groups in total. The summed E-state index contributed by atoms with van der Waals surface area (Å²) in [5.41, 5.74) is 0. The predicted molar refractivity (Wildman–Crippen MR) is 84.7 cm³/mol. The highest BCUT2D eigenvalue weighted by molar-refractivity contribution is 5.69. The maximum absolute atomic E-state index is 11.5. The number of carbonyl (C=O) groups is 1. The molecular weight excluding hydrogens is 248 g/mol. The van der Waals surface area contributed by atoms with Crippen LogP contribution in [0.3, 0.4) is 0 Å². The molecule has 0 aromatic carbocycles. The SMILES string of the molecule is CCCCCCCC/C=C\CC1CCCCCC(=O)O1. The van der Waals surface area contributed by atoms with E-state index in [0.29, 0.717) is 6.42 Å². The molecule has 1 atom stereocenters. The van der Waals surface area contributed by atoms with Crippen molar-refractivity contribution in [2.24, 2.45) is 0 Å². The number of hydrogen-bond acceptors (Lipinski definition) is 2. The standard InChI is InChI=1S/C18H32O2/c1-2-3-4-5-6-7-8-9-11-14-17-15-12-10-13-16-18(19)20-17/h9,11,17H,2-8,10,12-16H2,1H3/b11-9-. The number of cyclic esters (lactones) is 1. The van der Waals surface area contributed by atoms with Gasteiger partial charge in [-0.15, -0.1) is 0 Å². The number of esters is 1. The van der Waals surface area contributed by atoms with Crippen LogP contribution in [0.15, 0.2) is 12.2 Å². The molecule has 1 aliphatic rings. The second-order valence-electron chi connectivity index (χ2n) is 5.97. The van der Waals surface area contributed by atoms with E-state index in [1.807, 2.05) is 0 Å².